The Hall–Kier alpha value is -1.09. The summed E-state index contributed by atoms with van der Waals surface area (Å²) in [5.41, 5.74) is 1.68. The van der Waals surface area contributed by atoms with Gasteiger partial charge in [-0.1, -0.05) is 52.8 Å². The minimum absolute atomic E-state index is 0.00106. The van der Waals surface area contributed by atoms with Gasteiger partial charge in [0.15, 0.2) is 0 Å². The average molecular weight is 254 g/mol. The molecular weight excluding hydrogens is 242 g/mol. The quantitative estimate of drug-likeness (QED) is 0.759. The lowest BCUT2D eigenvalue weighted by molar-refractivity contribution is -0.124. The number of hydrogen-bond acceptors (Lipinski definition) is 1. The van der Waals surface area contributed by atoms with Crippen LogP contribution in [0.3, 0.4) is 0 Å². The summed E-state index contributed by atoms with van der Waals surface area (Å²) in [6.07, 6.45) is 0. The highest BCUT2D eigenvalue weighted by molar-refractivity contribution is 9.09. The van der Waals surface area contributed by atoms with Gasteiger partial charge in [-0.2, -0.15) is 0 Å². The minimum atomic E-state index is -0.00106. The lowest BCUT2D eigenvalue weighted by Gasteiger charge is -2.18. The molecule has 0 aliphatic rings. The molecule has 0 heterocycles. The summed E-state index contributed by atoms with van der Waals surface area (Å²) in [6.45, 7) is 3.88. The molecule has 0 saturated heterocycles. The van der Waals surface area contributed by atoms with Gasteiger partial charge in [-0.15, -0.1) is 0 Å². The maximum Gasteiger partial charge on any atom is 0.237 e. The molecular formula is C11H12BrNO. The molecule has 0 fully saturated rings. The molecule has 3 heteroatoms. The van der Waals surface area contributed by atoms with E-state index in [2.05, 4.69) is 22.5 Å². The molecule has 0 bridgehead atoms. The third kappa shape index (κ3) is 2.45. The second kappa shape index (κ2) is 4.96. The van der Waals surface area contributed by atoms with Gasteiger partial charge in [-0.25, -0.2) is 0 Å². The number of nitrogens with zero attached hydrogens (tertiary/aromatic N) is 1. The van der Waals surface area contributed by atoms with Crippen LogP contribution in [0.5, 0.6) is 0 Å². The topological polar surface area (TPSA) is 20.3 Å². The van der Waals surface area contributed by atoms with E-state index < -0.39 is 0 Å². The lowest BCUT2D eigenvalue weighted by atomic mass is 10.1. The number of benzene rings is 1. The first-order chi connectivity index (χ1) is 6.66. The zero-order chi connectivity index (χ0) is 10.6. The van der Waals surface area contributed by atoms with Gasteiger partial charge in [0.25, 0.3) is 0 Å². The third-order valence-electron chi connectivity index (χ3n) is 2.00. The van der Waals surface area contributed by atoms with Crippen LogP contribution in [0.4, 0.5) is 0 Å². The number of alkyl halides is 1. The predicted molar refractivity (Wildman–Crippen MR) is 62.0 cm³/mol. The predicted octanol–water partition coefficient (Wildman–Crippen LogP) is 2.51. The molecule has 1 aromatic carbocycles. The van der Waals surface area contributed by atoms with E-state index in [0.717, 1.165) is 11.3 Å². The number of carbonyl (C=O) groups is 1. The molecule has 0 spiro atoms. The molecule has 0 aliphatic carbocycles. The Morgan fingerprint density at radius 1 is 1.43 bits per heavy atom. The van der Waals surface area contributed by atoms with E-state index in [0.29, 0.717) is 5.33 Å². The summed E-state index contributed by atoms with van der Waals surface area (Å²) in [7, 11) is 1.72. The normalized spacial score (nSPS) is 9.57. The van der Waals surface area contributed by atoms with E-state index in [1.54, 1.807) is 11.9 Å². The number of rotatable bonds is 3. The molecule has 0 aromatic heterocycles. The molecule has 0 aliphatic heterocycles. The summed E-state index contributed by atoms with van der Waals surface area (Å²) >= 11 is 3.12. The summed E-state index contributed by atoms with van der Waals surface area (Å²) < 4.78 is 0. The van der Waals surface area contributed by atoms with Gasteiger partial charge in [-0.05, 0) is 5.56 Å². The first-order valence-electron chi connectivity index (χ1n) is 4.23. The van der Waals surface area contributed by atoms with Crippen molar-refractivity contribution >= 4 is 27.5 Å². The van der Waals surface area contributed by atoms with Crippen LogP contribution >= 0.6 is 15.9 Å². The largest absolute Gasteiger partial charge is 0.315 e. The Morgan fingerprint density at radius 3 is 2.50 bits per heavy atom. The van der Waals surface area contributed by atoms with E-state index >= 15 is 0 Å². The molecule has 1 rings (SSSR count). The Morgan fingerprint density at radius 2 is 2.00 bits per heavy atom. The summed E-state index contributed by atoms with van der Waals surface area (Å²) in [5, 5.41) is 0.315. The van der Waals surface area contributed by atoms with Gasteiger partial charge < -0.3 is 4.90 Å². The second-order valence-corrected chi connectivity index (χ2v) is 3.46. The first kappa shape index (κ1) is 11.0. The fourth-order valence-corrected chi connectivity index (χ4v) is 1.44. The smallest absolute Gasteiger partial charge is 0.237 e. The van der Waals surface area contributed by atoms with Crippen LogP contribution in [0.15, 0.2) is 36.9 Å². The maximum absolute atomic E-state index is 11.3. The lowest BCUT2D eigenvalue weighted by Crippen LogP contribution is -2.25. The van der Waals surface area contributed by atoms with Crippen LogP contribution < -0.4 is 0 Å². The molecule has 2 nitrogen and oxygen atoms in total. The average Bonchev–Trinajstić information content (AvgIpc) is 2.27. The molecule has 1 aromatic rings. The summed E-state index contributed by atoms with van der Waals surface area (Å²) in [6, 6.07) is 9.64. The van der Waals surface area contributed by atoms with Gasteiger partial charge in [0.2, 0.25) is 5.91 Å². The zero-order valence-electron chi connectivity index (χ0n) is 8.03. The van der Waals surface area contributed by atoms with Crippen LogP contribution in [-0.2, 0) is 4.79 Å². The van der Waals surface area contributed by atoms with Crippen molar-refractivity contribution in [1.82, 2.24) is 4.90 Å². The second-order valence-electron chi connectivity index (χ2n) is 2.90. The highest BCUT2D eigenvalue weighted by Gasteiger charge is 2.10. The fourth-order valence-electron chi connectivity index (χ4n) is 1.06. The number of hydrogen-bond donors (Lipinski definition) is 0. The molecule has 0 saturated carbocycles. The molecule has 14 heavy (non-hydrogen) atoms. The van der Waals surface area contributed by atoms with Gasteiger partial charge in [-0.3, -0.25) is 4.79 Å². The first-order valence-corrected chi connectivity index (χ1v) is 5.36. The van der Waals surface area contributed by atoms with Gasteiger partial charge in [0.05, 0.1) is 5.33 Å². The highest BCUT2D eigenvalue weighted by Crippen LogP contribution is 2.15. The maximum atomic E-state index is 11.3. The van der Waals surface area contributed by atoms with Crippen molar-refractivity contribution < 1.29 is 4.79 Å². The van der Waals surface area contributed by atoms with E-state index in [-0.39, 0.29) is 5.91 Å². The van der Waals surface area contributed by atoms with Gasteiger partial charge >= 0.3 is 0 Å². The number of amides is 1. The number of halogens is 1. The summed E-state index contributed by atoms with van der Waals surface area (Å²) in [4.78, 5) is 12.9. The molecule has 74 valence electrons. The standard InChI is InChI=1S/C11H12BrNO/c1-9(13(2)11(14)8-12)10-6-4-3-5-7-10/h3-7H,1,8H2,2H3. The molecule has 0 N–H and O–H groups in total. The van der Waals surface area contributed by atoms with Crippen molar-refractivity contribution in [3.8, 4) is 0 Å². The minimum Gasteiger partial charge on any atom is -0.315 e. The van der Waals surface area contributed by atoms with E-state index in [1.165, 1.54) is 0 Å². The number of carbonyl (C=O) groups excluding carboxylic acids is 1. The van der Waals surface area contributed by atoms with E-state index in [1.807, 2.05) is 30.3 Å². The van der Waals surface area contributed by atoms with Crippen molar-refractivity contribution in [2.45, 2.75) is 0 Å². The van der Waals surface area contributed by atoms with Crippen LogP contribution in [0.1, 0.15) is 5.56 Å². The van der Waals surface area contributed by atoms with Gasteiger partial charge in [0, 0.05) is 12.7 Å². The van der Waals surface area contributed by atoms with Crippen molar-refractivity contribution in [2.24, 2.45) is 0 Å². The fraction of sp³-hybridized carbons (Fsp3) is 0.182. The van der Waals surface area contributed by atoms with Crippen molar-refractivity contribution in [3.05, 3.63) is 42.5 Å². The Kier molecular flexibility index (Phi) is 3.89. The molecule has 1 amide bonds. The zero-order valence-corrected chi connectivity index (χ0v) is 9.62. The van der Waals surface area contributed by atoms with E-state index in [4.69, 9.17) is 0 Å². The van der Waals surface area contributed by atoms with Crippen molar-refractivity contribution in [3.63, 3.8) is 0 Å². The highest BCUT2D eigenvalue weighted by atomic mass is 79.9. The summed E-state index contributed by atoms with van der Waals surface area (Å²) in [5.74, 6) is -0.00106. The van der Waals surface area contributed by atoms with Crippen LogP contribution in [-0.4, -0.2) is 23.2 Å². The van der Waals surface area contributed by atoms with Crippen molar-refractivity contribution in [2.75, 3.05) is 12.4 Å². The monoisotopic (exact) mass is 253 g/mol. The van der Waals surface area contributed by atoms with Crippen LogP contribution in [0.25, 0.3) is 5.70 Å². The molecule has 0 atom stereocenters. The Labute approximate surface area is 92.4 Å². The van der Waals surface area contributed by atoms with E-state index in [9.17, 15) is 4.79 Å². The SMILES string of the molecule is C=C(c1ccccc1)N(C)C(=O)CBr. The van der Waals surface area contributed by atoms with Gasteiger partial charge in [0.1, 0.15) is 0 Å². The van der Waals surface area contributed by atoms with Crippen molar-refractivity contribution in [1.29, 1.82) is 0 Å². The molecule has 0 radical (unpaired) electrons. The third-order valence-corrected chi connectivity index (χ3v) is 2.48. The van der Waals surface area contributed by atoms with Crippen LogP contribution in [0, 0.1) is 0 Å². The Balaban J connectivity index is 2.81. The Bertz CT molecular complexity index is 334. The van der Waals surface area contributed by atoms with Crippen LogP contribution in [0.2, 0.25) is 0 Å². The molecule has 0 unspecified atom stereocenters.